The molecule has 184 valence electrons. The first-order chi connectivity index (χ1) is 19.4. The van der Waals surface area contributed by atoms with Gasteiger partial charge in [-0.05, 0) is 66.1 Å². The van der Waals surface area contributed by atoms with Crippen LogP contribution in [0.3, 0.4) is 0 Å². The van der Waals surface area contributed by atoms with Gasteiger partial charge in [-0.3, -0.25) is 0 Å². The smallest absolute Gasteiger partial charge is 0.0541 e. The van der Waals surface area contributed by atoms with Gasteiger partial charge in [-0.1, -0.05) is 97.1 Å². The molecule has 39 heavy (non-hydrogen) atoms. The number of para-hydroxylation sites is 3. The summed E-state index contributed by atoms with van der Waals surface area (Å²) in [5.41, 5.74) is 11.0. The number of hydrogen-bond donors (Lipinski definition) is 0. The average molecular weight is 499 g/mol. The van der Waals surface area contributed by atoms with Crippen molar-refractivity contribution in [3.8, 4) is 22.5 Å². The highest BCUT2D eigenvalue weighted by Crippen LogP contribution is 2.35. The zero-order chi connectivity index (χ0) is 25.8. The molecule has 5 aromatic carbocycles. The van der Waals surface area contributed by atoms with Gasteiger partial charge in [-0.2, -0.15) is 0 Å². The van der Waals surface area contributed by atoms with Gasteiger partial charge >= 0.3 is 0 Å². The maximum absolute atomic E-state index is 2.38. The minimum absolute atomic E-state index is 0.965. The lowest BCUT2D eigenvalue weighted by Crippen LogP contribution is -1.97. The molecule has 7 aromatic rings. The van der Waals surface area contributed by atoms with E-state index >= 15 is 0 Å². The van der Waals surface area contributed by atoms with Crippen LogP contribution < -0.4 is 0 Å². The lowest BCUT2D eigenvalue weighted by molar-refractivity contribution is 1.11. The molecule has 0 fully saturated rings. The molecule has 2 heterocycles. The van der Waals surface area contributed by atoms with Crippen LogP contribution in [-0.2, 0) is 0 Å². The third-order valence-corrected chi connectivity index (χ3v) is 7.95. The van der Waals surface area contributed by atoms with Gasteiger partial charge < -0.3 is 9.13 Å². The summed E-state index contributed by atoms with van der Waals surface area (Å²) in [4.78, 5) is 0. The Morgan fingerprint density at radius 2 is 0.872 bits per heavy atom. The summed E-state index contributed by atoms with van der Waals surface area (Å²) in [6, 6.07) is 43.9. The van der Waals surface area contributed by atoms with Crippen molar-refractivity contribution in [1.82, 2.24) is 9.13 Å². The Morgan fingerprint density at radius 3 is 1.46 bits per heavy atom. The van der Waals surface area contributed by atoms with Gasteiger partial charge in [0.05, 0.1) is 22.2 Å². The monoisotopic (exact) mass is 498 g/mol. The largest absolute Gasteiger partial charge is 0.309 e. The lowest BCUT2D eigenvalue weighted by Gasteiger charge is -2.12. The van der Waals surface area contributed by atoms with Crippen LogP contribution in [0.15, 0.2) is 133 Å². The molecule has 2 heteroatoms. The van der Waals surface area contributed by atoms with Crippen molar-refractivity contribution < 1.29 is 0 Å². The van der Waals surface area contributed by atoms with Crippen molar-refractivity contribution in [2.75, 3.05) is 0 Å². The molecule has 0 saturated heterocycles. The van der Waals surface area contributed by atoms with Gasteiger partial charge in [0.15, 0.2) is 0 Å². The van der Waals surface area contributed by atoms with Crippen molar-refractivity contribution in [3.63, 3.8) is 0 Å². The maximum atomic E-state index is 2.38. The molecule has 0 atom stereocenters. The molecule has 0 amide bonds. The Balaban J connectivity index is 1.19. The summed E-state index contributed by atoms with van der Waals surface area (Å²) in [5.74, 6) is 0. The molecule has 0 N–H and O–H groups in total. The van der Waals surface area contributed by atoms with E-state index < -0.39 is 0 Å². The summed E-state index contributed by atoms with van der Waals surface area (Å²) in [6.07, 6.45) is 9.97. The summed E-state index contributed by atoms with van der Waals surface area (Å²) in [5, 5.41) is 3.86. The first-order valence-electron chi connectivity index (χ1n) is 13.5. The molecule has 0 aliphatic heterocycles. The Bertz CT molecular complexity index is 2010. The van der Waals surface area contributed by atoms with Crippen molar-refractivity contribution in [3.05, 3.63) is 145 Å². The Hall–Kier alpha value is -5.08. The van der Waals surface area contributed by atoms with Crippen molar-refractivity contribution in [2.24, 2.45) is 0 Å². The van der Waals surface area contributed by atoms with Gasteiger partial charge in [-0.25, -0.2) is 0 Å². The fourth-order valence-corrected chi connectivity index (χ4v) is 6.15. The van der Waals surface area contributed by atoms with Crippen LogP contribution in [0.5, 0.6) is 0 Å². The second-order valence-corrected chi connectivity index (χ2v) is 10.2. The van der Waals surface area contributed by atoms with E-state index in [2.05, 4.69) is 155 Å². The average Bonchev–Trinajstić information content (AvgIpc) is 3.38. The highest BCUT2D eigenvalue weighted by molar-refractivity contribution is 6.09. The normalized spacial score (nSPS) is 12.8. The predicted molar refractivity (Wildman–Crippen MR) is 166 cm³/mol. The van der Waals surface area contributed by atoms with Gasteiger partial charge in [0, 0.05) is 33.1 Å². The third kappa shape index (κ3) is 3.42. The van der Waals surface area contributed by atoms with E-state index in [0.717, 1.165) is 6.42 Å². The van der Waals surface area contributed by atoms with Gasteiger partial charge in [-0.15, -0.1) is 0 Å². The SMILES string of the molecule is C1=Cc2c(n(-c3ccc(-c4ccc(-n5c6ccccc6c6ccccc65)cc4)cc3)c3ccccc23)C=CC1. The second kappa shape index (κ2) is 8.75. The van der Waals surface area contributed by atoms with Crippen LogP contribution in [-0.4, -0.2) is 9.13 Å². The van der Waals surface area contributed by atoms with Crippen LogP contribution in [0.4, 0.5) is 0 Å². The van der Waals surface area contributed by atoms with Crippen LogP contribution in [0, 0.1) is 0 Å². The van der Waals surface area contributed by atoms with E-state index in [1.807, 2.05) is 0 Å². The molecule has 0 unspecified atom stereocenters. The molecule has 1 aliphatic rings. The van der Waals surface area contributed by atoms with Crippen LogP contribution in [0.25, 0.3) is 67.4 Å². The lowest BCUT2D eigenvalue weighted by atomic mass is 10.0. The standard InChI is InChI=1S/C37H26N2/c1-2-10-30-31-11-4-7-15-35(31)38(34(30)14-3-1)28-22-18-26(19-23-28)27-20-24-29(25-21-27)39-36-16-8-5-12-32(36)33-13-6-9-17-37(33)39/h2-25H,1H2. The van der Waals surface area contributed by atoms with Crippen molar-refractivity contribution in [2.45, 2.75) is 6.42 Å². The van der Waals surface area contributed by atoms with E-state index in [-0.39, 0.29) is 0 Å². The first kappa shape index (κ1) is 22.0. The van der Waals surface area contributed by atoms with Crippen LogP contribution in [0.1, 0.15) is 17.7 Å². The zero-order valence-electron chi connectivity index (χ0n) is 21.5. The Labute approximate surface area is 227 Å². The van der Waals surface area contributed by atoms with Crippen LogP contribution >= 0.6 is 0 Å². The topological polar surface area (TPSA) is 9.86 Å². The summed E-state index contributed by atoms with van der Waals surface area (Å²) in [6.45, 7) is 0. The number of allylic oxidation sites excluding steroid dienone is 2. The highest BCUT2D eigenvalue weighted by Gasteiger charge is 2.16. The van der Waals surface area contributed by atoms with Gasteiger partial charge in [0.25, 0.3) is 0 Å². The molecule has 0 saturated carbocycles. The zero-order valence-corrected chi connectivity index (χ0v) is 21.5. The van der Waals surface area contributed by atoms with E-state index in [1.165, 1.54) is 66.5 Å². The van der Waals surface area contributed by atoms with E-state index in [9.17, 15) is 0 Å². The Morgan fingerprint density at radius 1 is 0.410 bits per heavy atom. The number of hydrogen-bond acceptors (Lipinski definition) is 0. The summed E-state index contributed by atoms with van der Waals surface area (Å²) >= 11 is 0. The van der Waals surface area contributed by atoms with E-state index in [0.29, 0.717) is 0 Å². The molecule has 0 radical (unpaired) electrons. The second-order valence-electron chi connectivity index (χ2n) is 10.2. The fourth-order valence-electron chi connectivity index (χ4n) is 6.15. The van der Waals surface area contributed by atoms with Crippen molar-refractivity contribution >= 4 is 44.9 Å². The van der Waals surface area contributed by atoms with Crippen LogP contribution in [0.2, 0.25) is 0 Å². The molecule has 2 nitrogen and oxygen atoms in total. The van der Waals surface area contributed by atoms with Crippen molar-refractivity contribution in [1.29, 1.82) is 0 Å². The number of benzene rings is 5. The minimum Gasteiger partial charge on any atom is -0.309 e. The first-order valence-corrected chi connectivity index (χ1v) is 13.5. The van der Waals surface area contributed by atoms with E-state index in [1.54, 1.807) is 0 Å². The Kier molecular flexibility index (Phi) is 4.92. The van der Waals surface area contributed by atoms with Gasteiger partial charge in [0.2, 0.25) is 0 Å². The molecule has 1 aliphatic carbocycles. The molecular weight excluding hydrogens is 472 g/mol. The third-order valence-electron chi connectivity index (χ3n) is 7.95. The fraction of sp³-hybridized carbons (Fsp3) is 0.0270. The molecule has 0 spiro atoms. The maximum Gasteiger partial charge on any atom is 0.0541 e. The molecule has 2 aromatic heterocycles. The number of nitrogens with zero attached hydrogens (tertiary/aromatic N) is 2. The number of aromatic nitrogens is 2. The number of fused-ring (bicyclic) bond motifs is 6. The number of rotatable bonds is 3. The van der Waals surface area contributed by atoms with E-state index in [4.69, 9.17) is 0 Å². The molecule has 0 bridgehead atoms. The molecule has 8 rings (SSSR count). The summed E-state index contributed by atoms with van der Waals surface area (Å²) in [7, 11) is 0. The minimum atomic E-state index is 0.965. The van der Waals surface area contributed by atoms with Gasteiger partial charge in [0.1, 0.15) is 0 Å². The highest BCUT2D eigenvalue weighted by atomic mass is 15.0. The summed E-state index contributed by atoms with van der Waals surface area (Å²) < 4.78 is 4.74. The quantitative estimate of drug-likeness (QED) is 0.229. The predicted octanol–water partition coefficient (Wildman–Crippen LogP) is 9.82. The molecular formula is C37H26N2.